The van der Waals surface area contributed by atoms with E-state index >= 15 is 0 Å². The largest absolute Gasteiger partial charge is 0.452 e. The van der Waals surface area contributed by atoms with Gasteiger partial charge in [0.25, 0.3) is 5.91 Å². The van der Waals surface area contributed by atoms with Crippen LogP contribution in [-0.2, 0) is 19.6 Å². The Morgan fingerprint density at radius 2 is 1.79 bits per heavy atom. The average molecular weight is 413 g/mol. The average Bonchev–Trinajstić information content (AvgIpc) is 2.66. The fourth-order valence-electron chi connectivity index (χ4n) is 2.24. The number of hydrogen-bond donors (Lipinski definition) is 2. The van der Waals surface area contributed by atoms with Crippen molar-refractivity contribution < 1.29 is 27.5 Å². The number of esters is 1. The van der Waals surface area contributed by atoms with Gasteiger partial charge in [-0.15, -0.1) is 0 Å². The summed E-state index contributed by atoms with van der Waals surface area (Å²) < 4.78 is 31.2. The van der Waals surface area contributed by atoms with Crippen LogP contribution in [0.15, 0.2) is 29.2 Å². The van der Waals surface area contributed by atoms with Crippen LogP contribution in [0, 0.1) is 0 Å². The van der Waals surface area contributed by atoms with Crippen LogP contribution in [0.2, 0.25) is 0 Å². The molecule has 3 amide bonds. The molecule has 1 aromatic rings. The van der Waals surface area contributed by atoms with E-state index in [4.69, 9.17) is 4.74 Å². The van der Waals surface area contributed by atoms with Crippen LogP contribution in [0.3, 0.4) is 0 Å². The molecule has 0 aliphatic heterocycles. The van der Waals surface area contributed by atoms with Gasteiger partial charge >= 0.3 is 12.0 Å². The molecule has 0 saturated carbocycles. The first-order valence-corrected chi connectivity index (χ1v) is 10.5. The molecular formula is C18H27N3O6S. The van der Waals surface area contributed by atoms with E-state index in [9.17, 15) is 22.8 Å². The highest BCUT2D eigenvalue weighted by Gasteiger charge is 2.23. The van der Waals surface area contributed by atoms with E-state index in [0.29, 0.717) is 19.5 Å². The third-order valence-electron chi connectivity index (χ3n) is 3.99. The van der Waals surface area contributed by atoms with Crippen LogP contribution >= 0.6 is 0 Å². The van der Waals surface area contributed by atoms with Crippen molar-refractivity contribution in [1.82, 2.24) is 14.9 Å². The molecular weight excluding hydrogens is 386 g/mol. The number of nitrogens with one attached hydrogen (secondary N) is 2. The number of carbonyl (C=O) groups excluding carboxylic acids is 3. The number of ether oxygens (including phenoxy) is 1. The number of carbonyl (C=O) groups is 3. The smallest absolute Gasteiger partial charge is 0.338 e. The number of imide groups is 1. The van der Waals surface area contributed by atoms with E-state index in [1.54, 1.807) is 20.8 Å². The molecule has 0 aliphatic rings. The molecule has 0 spiro atoms. The third kappa shape index (κ3) is 6.61. The highest BCUT2D eigenvalue weighted by molar-refractivity contribution is 7.89. The molecule has 1 aromatic carbocycles. The fraction of sp³-hybridized carbons (Fsp3) is 0.500. The van der Waals surface area contributed by atoms with Crippen molar-refractivity contribution in [3.63, 3.8) is 0 Å². The van der Waals surface area contributed by atoms with E-state index in [1.807, 2.05) is 12.2 Å². The molecule has 0 bridgehead atoms. The quantitative estimate of drug-likeness (QED) is 0.592. The lowest BCUT2D eigenvalue weighted by atomic mass is 10.2. The number of rotatable bonds is 9. The van der Waals surface area contributed by atoms with E-state index in [0.717, 1.165) is 0 Å². The topological polar surface area (TPSA) is 122 Å². The van der Waals surface area contributed by atoms with Gasteiger partial charge < -0.3 is 10.1 Å². The van der Waals surface area contributed by atoms with Crippen molar-refractivity contribution in [3.05, 3.63) is 29.8 Å². The van der Waals surface area contributed by atoms with Gasteiger partial charge in [-0.3, -0.25) is 10.1 Å². The Labute approximate surface area is 165 Å². The van der Waals surface area contributed by atoms with Crippen molar-refractivity contribution in [2.45, 2.75) is 45.1 Å². The lowest BCUT2D eigenvalue weighted by molar-refractivity contribution is -0.123. The monoisotopic (exact) mass is 413 g/mol. The van der Waals surface area contributed by atoms with Crippen LogP contribution in [-0.4, -0.2) is 56.4 Å². The van der Waals surface area contributed by atoms with Gasteiger partial charge in [0.2, 0.25) is 10.0 Å². The van der Waals surface area contributed by atoms with Gasteiger partial charge in [-0.05, 0) is 31.5 Å². The standard InChI is InChI=1S/C18H27N3O6S/c1-5-13(4)19-18(24)20-16(22)12-27-17(23)14-9-8-10-15(11-14)28(25,26)21(6-2)7-3/h8-11,13H,5-7,12H2,1-4H3,(H2,19,20,22,24)/t13-/m1/s1. The second-order valence-corrected chi connectivity index (χ2v) is 7.96. The summed E-state index contributed by atoms with van der Waals surface area (Å²) in [7, 11) is -3.73. The van der Waals surface area contributed by atoms with E-state index in [2.05, 4.69) is 5.32 Å². The zero-order valence-electron chi connectivity index (χ0n) is 16.5. The number of amides is 3. The summed E-state index contributed by atoms with van der Waals surface area (Å²) in [5.41, 5.74) is -0.00918. The molecule has 0 radical (unpaired) electrons. The van der Waals surface area contributed by atoms with Crippen LogP contribution in [0.4, 0.5) is 4.79 Å². The molecule has 0 fully saturated rings. The Morgan fingerprint density at radius 3 is 2.36 bits per heavy atom. The molecule has 1 rings (SSSR count). The maximum atomic E-state index is 12.5. The van der Waals surface area contributed by atoms with Crippen molar-refractivity contribution in [2.75, 3.05) is 19.7 Å². The molecule has 156 valence electrons. The second kappa shape index (κ2) is 10.8. The summed E-state index contributed by atoms with van der Waals surface area (Å²) in [4.78, 5) is 35.4. The molecule has 1 atom stereocenters. The number of hydrogen-bond acceptors (Lipinski definition) is 6. The Hall–Kier alpha value is -2.46. The van der Waals surface area contributed by atoms with Gasteiger partial charge in [0.05, 0.1) is 10.5 Å². The molecule has 9 nitrogen and oxygen atoms in total. The molecule has 10 heteroatoms. The van der Waals surface area contributed by atoms with Crippen LogP contribution in [0.5, 0.6) is 0 Å². The van der Waals surface area contributed by atoms with E-state index in [-0.39, 0.29) is 16.5 Å². The highest BCUT2D eigenvalue weighted by Crippen LogP contribution is 2.17. The number of benzene rings is 1. The SMILES string of the molecule is CC[C@@H](C)NC(=O)NC(=O)COC(=O)c1cccc(S(=O)(=O)N(CC)CC)c1. The minimum atomic E-state index is -3.73. The lowest BCUT2D eigenvalue weighted by Gasteiger charge is -2.18. The predicted octanol–water partition coefficient (Wildman–Crippen LogP) is 1.50. The first-order chi connectivity index (χ1) is 13.1. The minimum absolute atomic E-state index is 0.00918. The third-order valence-corrected chi connectivity index (χ3v) is 6.04. The van der Waals surface area contributed by atoms with E-state index < -0.39 is 34.5 Å². The summed E-state index contributed by atoms with van der Waals surface area (Å²) in [6.07, 6.45) is 0.698. The molecule has 2 N–H and O–H groups in total. The Morgan fingerprint density at radius 1 is 1.14 bits per heavy atom. The Balaban J connectivity index is 2.74. The first kappa shape index (κ1) is 23.6. The van der Waals surface area contributed by atoms with Gasteiger partial charge in [0, 0.05) is 19.1 Å². The van der Waals surface area contributed by atoms with Crippen molar-refractivity contribution in [2.24, 2.45) is 0 Å². The molecule has 0 saturated heterocycles. The summed E-state index contributed by atoms with van der Waals surface area (Å²) in [5.74, 6) is -1.66. The number of sulfonamides is 1. The highest BCUT2D eigenvalue weighted by atomic mass is 32.2. The van der Waals surface area contributed by atoms with Crippen LogP contribution in [0.25, 0.3) is 0 Å². The predicted molar refractivity (Wildman–Crippen MR) is 103 cm³/mol. The second-order valence-electron chi connectivity index (χ2n) is 6.02. The van der Waals surface area contributed by atoms with Crippen LogP contribution in [0.1, 0.15) is 44.5 Å². The van der Waals surface area contributed by atoms with Crippen molar-refractivity contribution in [1.29, 1.82) is 0 Å². The van der Waals surface area contributed by atoms with Crippen molar-refractivity contribution in [3.8, 4) is 0 Å². The van der Waals surface area contributed by atoms with Gasteiger partial charge in [-0.2, -0.15) is 4.31 Å². The van der Waals surface area contributed by atoms with Crippen molar-refractivity contribution >= 4 is 27.9 Å². The van der Waals surface area contributed by atoms with E-state index in [1.165, 1.54) is 28.6 Å². The van der Waals surface area contributed by atoms with Gasteiger partial charge in [0.15, 0.2) is 6.61 Å². The van der Waals surface area contributed by atoms with Gasteiger partial charge in [0.1, 0.15) is 0 Å². The summed E-state index contributed by atoms with van der Waals surface area (Å²) >= 11 is 0. The zero-order chi connectivity index (χ0) is 21.3. The number of nitrogens with zero attached hydrogens (tertiary/aromatic N) is 1. The maximum Gasteiger partial charge on any atom is 0.338 e. The van der Waals surface area contributed by atoms with Gasteiger partial charge in [-0.1, -0.05) is 26.8 Å². The summed E-state index contributed by atoms with van der Waals surface area (Å²) in [6.45, 7) is 7.02. The fourth-order valence-corrected chi connectivity index (χ4v) is 3.74. The van der Waals surface area contributed by atoms with Gasteiger partial charge in [-0.25, -0.2) is 18.0 Å². The lowest BCUT2D eigenvalue weighted by Crippen LogP contribution is -2.44. The molecule has 0 aromatic heterocycles. The molecule has 0 unspecified atom stereocenters. The minimum Gasteiger partial charge on any atom is -0.452 e. The first-order valence-electron chi connectivity index (χ1n) is 9.03. The molecule has 0 heterocycles. The number of urea groups is 1. The Bertz CT molecular complexity index is 805. The molecule has 28 heavy (non-hydrogen) atoms. The summed E-state index contributed by atoms with van der Waals surface area (Å²) in [6, 6.07) is 4.61. The maximum absolute atomic E-state index is 12.5. The van der Waals surface area contributed by atoms with Crippen LogP contribution < -0.4 is 10.6 Å². The summed E-state index contributed by atoms with van der Waals surface area (Å²) in [5, 5.41) is 4.59. The zero-order valence-corrected chi connectivity index (χ0v) is 17.3. The normalized spacial score (nSPS) is 12.3. The molecule has 0 aliphatic carbocycles. The Kier molecular flexibility index (Phi) is 9.07.